The second kappa shape index (κ2) is 7.20. The molecule has 8 heteroatoms. The standard InChI is InChI=1S/C18H19N5OS2/c1-12-3-5-15(6-4-12)23-18(19-20-21-23)26-13(2)17(24)22-9-7-16-14(11-22)8-10-25-16/h3-6,8,10,13H,7,9,11H2,1-2H3. The lowest BCUT2D eigenvalue weighted by Gasteiger charge is -2.29. The number of aryl methyl sites for hydroxylation is 1. The summed E-state index contributed by atoms with van der Waals surface area (Å²) in [5.41, 5.74) is 3.34. The van der Waals surface area contributed by atoms with Gasteiger partial charge in [-0.3, -0.25) is 4.79 Å². The summed E-state index contributed by atoms with van der Waals surface area (Å²) in [5.74, 6) is 0.130. The highest BCUT2D eigenvalue weighted by Crippen LogP contribution is 2.28. The predicted octanol–water partition coefficient (Wildman–Crippen LogP) is 3.10. The second-order valence-electron chi connectivity index (χ2n) is 6.35. The van der Waals surface area contributed by atoms with Crippen LogP contribution in [0.1, 0.15) is 22.9 Å². The summed E-state index contributed by atoms with van der Waals surface area (Å²) in [6, 6.07) is 10.1. The number of nitrogens with zero attached hydrogens (tertiary/aromatic N) is 5. The Bertz CT molecular complexity index is 918. The van der Waals surface area contributed by atoms with E-state index in [9.17, 15) is 4.79 Å². The molecule has 1 aromatic carbocycles. The molecule has 1 aliphatic heterocycles. The second-order valence-corrected chi connectivity index (χ2v) is 8.66. The van der Waals surface area contributed by atoms with Gasteiger partial charge < -0.3 is 4.90 Å². The first-order chi connectivity index (χ1) is 12.6. The highest BCUT2D eigenvalue weighted by Gasteiger charge is 2.27. The average Bonchev–Trinajstić information content (AvgIpc) is 3.30. The molecule has 3 aromatic rings. The maximum Gasteiger partial charge on any atom is 0.236 e. The van der Waals surface area contributed by atoms with Crippen LogP contribution in [-0.4, -0.2) is 42.8 Å². The molecule has 1 unspecified atom stereocenters. The number of carbonyl (C=O) groups excluding carboxylic acids is 1. The number of rotatable bonds is 4. The Morgan fingerprint density at radius 3 is 2.88 bits per heavy atom. The van der Waals surface area contributed by atoms with Crippen LogP contribution in [-0.2, 0) is 17.8 Å². The van der Waals surface area contributed by atoms with Crippen LogP contribution in [0.5, 0.6) is 0 Å². The van der Waals surface area contributed by atoms with Gasteiger partial charge in [0.2, 0.25) is 11.1 Å². The molecule has 6 nitrogen and oxygen atoms in total. The van der Waals surface area contributed by atoms with Crippen LogP contribution in [0.25, 0.3) is 5.69 Å². The molecule has 0 aliphatic carbocycles. The predicted molar refractivity (Wildman–Crippen MR) is 103 cm³/mol. The van der Waals surface area contributed by atoms with Gasteiger partial charge >= 0.3 is 0 Å². The Labute approximate surface area is 160 Å². The van der Waals surface area contributed by atoms with Gasteiger partial charge in [-0.05, 0) is 59.8 Å². The van der Waals surface area contributed by atoms with Gasteiger partial charge in [-0.2, -0.15) is 4.68 Å². The number of hydrogen-bond donors (Lipinski definition) is 0. The molecular formula is C18H19N5OS2. The Hall–Kier alpha value is -2.19. The van der Waals surface area contributed by atoms with Crippen molar-refractivity contribution in [2.75, 3.05) is 6.54 Å². The van der Waals surface area contributed by atoms with E-state index in [1.165, 1.54) is 27.8 Å². The Balaban J connectivity index is 1.47. The molecule has 0 saturated heterocycles. The van der Waals surface area contributed by atoms with E-state index < -0.39 is 0 Å². The number of thiophene rings is 1. The summed E-state index contributed by atoms with van der Waals surface area (Å²) in [6.07, 6.45) is 0.942. The van der Waals surface area contributed by atoms with Crippen molar-refractivity contribution in [1.29, 1.82) is 0 Å². The molecule has 0 radical (unpaired) electrons. The van der Waals surface area contributed by atoms with Crippen molar-refractivity contribution in [3.05, 3.63) is 51.7 Å². The lowest BCUT2D eigenvalue weighted by Crippen LogP contribution is -2.39. The number of hydrogen-bond acceptors (Lipinski definition) is 6. The van der Waals surface area contributed by atoms with E-state index in [1.807, 2.05) is 43.0 Å². The number of benzene rings is 1. The molecule has 4 rings (SSSR count). The van der Waals surface area contributed by atoms with Crippen LogP contribution >= 0.6 is 23.1 Å². The smallest absolute Gasteiger partial charge is 0.236 e. The fraction of sp³-hybridized carbons (Fsp3) is 0.333. The Morgan fingerprint density at radius 2 is 2.08 bits per heavy atom. The zero-order valence-corrected chi connectivity index (χ0v) is 16.3. The van der Waals surface area contributed by atoms with Gasteiger partial charge in [0.15, 0.2) is 0 Å². The summed E-state index contributed by atoms with van der Waals surface area (Å²) in [5, 5.41) is 14.5. The zero-order valence-electron chi connectivity index (χ0n) is 14.6. The number of amides is 1. The molecule has 0 fully saturated rings. The molecule has 134 valence electrons. The zero-order chi connectivity index (χ0) is 18.1. The number of carbonyl (C=O) groups is 1. The van der Waals surface area contributed by atoms with E-state index in [0.717, 1.165) is 18.7 Å². The molecule has 1 aliphatic rings. The first-order valence-electron chi connectivity index (χ1n) is 8.48. The van der Waals surface area contributed by atoms with Gasteiger partial charge in [0, 0.05) is 18.0 Å². The van der Waals surface area contributed by atoms with Gasteiger partial charge in [0.1, 0.15) is 0 Å². The molecule has 1 atom stereocenters. The van der Waals surface area contributed by atoms with E-state index in [1.54, 1.807) is 16.0 Å². The number of thioether (sulfide) groups is 1. The number of tetrazole rings is 1. The van der Waals surface area contributed by atoms with E-state index in [-0.39, 0.29) is 11.2 Å². The van der Waals surface area contributed by atoms with Crippen molar-refractivity contribution in [2.24, 2.45) is 0 Å². The van der Waals surface area contributed by atoms with Gasteiger partial charge in [-0.1, -0.05) is 29.5 Å². The minimum atomic E-state index is -0.245. The van der Waals surface area contributed by atoms with Crippen LogP contribution in [0, 0.1) is 6.92 Å². The minimum absolute atomic E-state index is 0.130. The normalized spacial score (nSPS) is 14.9. The molecule has 0 spiro atoms. The monoisotopic (exact) mass is 385 g/mol. The van der Waals surface area contributed by atoms with E-state index in [2.05, 4.69) is 27.0 Å². The van der Waals surface area contributed by atoms with Crippen molar-refractivity contribution in [3.8, 4) is 5.69 Å². The topological polar surface area (TPSA) is 63.9 Å². The van der Waals surface area contributed by atoms with Gasteiger partial charge in [0.05, 0.1) is 10.9 Å². The van der Waals surface area contributed by atoms with Gasteiger partial charge in [0.25, 0.3) is 0 Å². The van der Waals surface area contributed by atoms with Crippen molar-refractivity contribution >= 4 is 29.0 Å². The highest BCUT2D eigenvalue weighted by atomic mass is 32.2. The van der Waals surface area contributed by atoms with Gasteiger partial charge in [-0.25, -0.2) is 0 Å². The molecule has 2 aromatic heterocycles. The largest absolute Gasteiger partial charge is 0.337 e. The summed E-state index contributed by atoms with van der Waals surface area (Å²) in [7, 11) is 0. The van der Waals surface area contributed by atoms with E-state index in [4.69, 9.17) is 0 Å². The molecule has 3 heterocycles. The molecular weight excluding hydrogens is 366 g/mol. The summed E-state index contributed by atoms with van der Waals surface area (Å²) in [6.45, 7) is 5.44. The number of aromatic nitrogens is 4. The maximum atomic E-state index is 12.9. The molecule has 0 bridgehead atoms. The quantitative estimate of drug-likeness (QED) is 0.646. The van der Waals surface area contributed by atoms with Crippen molar-refractivity contribution < 1.29 is 4.79 Å². The van der Waals surface area contributed by atoms with Crippen LogP contribution in [0.3, 0.4) is 0 Å². The van der Waals surface area contributed by atoms with E-state index >= 15 is 0 Å². The molecule has 1 amide bonds. The van der Waals surface area contributed by atoms with Crippen LogP contribution < -0.4 is 0 Å². The fourth-order valence-corrected chi connectivity index (χ4v) is 4.78. The van der Waals surface area contributed by atoms with Crippen molar-refractivity contribution in [2.45, 2.75) is 37.2 Å². The van der Waals surface area contributed by atoms with Crippen molar-refractivity contribution in [1.82, 2.24) is 25.1 Å². The lowest BCUT2D eigenvalue weighted by molar-refractivity contribution is -0.131. The SMILES string of the molecule is Cc1ccc(-n2nnnc2SC(C)C(=O)N2CCc3sccc3C2)cc1. The van der Waals surface area contributed by atoms with Crippen LogP contribution in [0.15, 0.2) is 40.9 Å². The van der Waals surface area contributed by atoms with Crippen LogP contribution in [0.4, 0.5) is 0 Å². The first-order valence-corrected chi connectivity index (χ1v) is 10.2. The van der Waals surface area contributed by atoms with Crippen LogP contribution in [0.2, 0.25) is 0 Å². The maximum absolute atomic E-state index is 12.9. The lowest BCUT2D eigenvalue weighted by atomic mass is 10.1. The molecule has 26 heavy (non-hydrogen) atoms. The number of fused-ring (bicyclic) bond motifs is 1. The van der Waals surface area contributed by atoms with E-state index in [0.29, 0.717) is 11.7 Å². The third-order valence-electron chi connectivity index (χ3n) is 4.47. The third-order valence-corrected chi connectivity index (χ3v) is 6.51. The first kappa shape index (κ1) is 17.2. The molecule has 0 saturated carbocycles. The Kier molecular flexibility index (Phi) is 4.78. The summed E-state index contributed by atoms with van der Waals surface area (Å²) >= 11 is 3.18. The Morgan fingerprint density at radius 1 is 1.27 bits per heavy atom. The summed E-state index contributed by atoms with van der Waals surface area (Å²) in [4.78, 5) is 16.2. The molecule has 0 N–H and O–H groups in total. The van der Waals surface area contributed by atoms with Gasteiger partial charge in [-0.15, -0.1) is 16.4 Å². The third kappa shape index (κ3) is 3.39. The van der Waals surface area contributed by atoms with Crippen molar-refractivity contribution in [3.63, 3.8) is 0 Å². The minimum Gasteiger partial charge on any atom is -0.337 e. The highest BCUT2D eigenvalue weighted by molar-refractivity contribution is 8.00. The fourth-order valence-electron chi connectivity index (χ4n) is 3.00. The average molecular weight is 386 g/mol. The summed E-state index contributed by atoms with van der Waals surface area (Å²) < 4.78 is 1.68.